The van der Waals surface area contributed by atoms with Crippen LogP contribution in [0, 0.1) is 0 Å². The van der Waals surface area contributed by atoms with E-state index < -0.39 is 6.10 Å². The molecule has 0 saturated heterocycles. The van der Waals surface area contributed by atoms with Gasteiger partial charge in [0.2, 0.25) is 0 Å². The molecular formula is C20H18Br2N3O+. The fourth-order valence-corrected chi connectivity index (χ4v) is 4.13. The standard InChI is InChI=1S/C20H18Br2N3O/c21-13-3-5-19-17(8-13)18-9-14(22)4-6-20(18)25(19)12-16(26)11-24-7-1-2-15(23)10-24/h1-10,16,26H,11-12,23H2/q+1. The summed E-state index contributed by atoms with van der Waals surface area (Å²) in [6.45, 7) is 0.990. The number of nitrogens with two attached hydrogens (primary N) is 1. The van der Waals surface area contributed by atoms with Crippen molar-refractivity contribution in [3.05, 3.63) is 69.9 Å². The van der Waals surface area contributed by atoms with E-state index in [9.17, 15) is 5.11 Å². The highest BCUT2D eigenvalue weighted by Crippen LogP contribution is 2.33. The van der Waals surface area contributed by atoms with Crippen LogP contribution in [-0.4, -0.2) is 15.8 Å². The summed E-state index contributed by atoms with van der Waals surface area (Å²) >= 11 is 7.12. The van der Waals surface area contributed by atoms with Gasteiger partial charge in [0.05, 0.1) is 12.2 Å². The summed E-state index contributed by atoms with van der Waals surface area (Å²) < 4.78 is 6.18. The number of nitrogen functional groups attached to an aromatic ring is 1. The van der Waals surface area contributed by atoms with Crippen LogP contribution in [0.15, 0.2) is 69.9 Å². The van der Waals surface area contributed by atoms with Crippen molar-refractivity contribution in [2.24, 2.45) is 0 Å². The maximum atomic E-state index is 10.7. The van der Waals surface area contributed by atoms with E-state index in [4.69, 9.17) is 5.73 Å². The topological polar surface area (TPSA) is 55.1 Å². The molecule has 0 saturated carbocycles. The summed E-state index contributed by atoms with van der Waals surface area (Å²) in [6.07, 6.45) is 3.22. The first-order chi connectivity index (χ1) is 12.5. The van der Waals surface area contributed by atoms with E-state index >= 15 is 0 Å². The summed E-state index contributed by atoms with van der Waals surface area (Å²) in [5, 5.41) is 13.0. The van der Waals surface area contributed by atoms with Crippen LogP contribution in [0.2, 0.25) is 0 Å². The molecule has 4 rings (SSSR count). The summed E-state index contributed by atoms with van der Waals surface area (Å²) in [5.74, 6) is 0. The lowest BCUT2D eigenvalue weighted by Gasteiger charge is -2.12. The Balaban J connectivity index is 1.75. The monoisotopic (exact) mass is 474 g/mol. The quantitative estimate of drug-likeness (QED) is 0.433. The number of pyridine rings is 1. The Morgan fingerprint density at radius 1 is 1.00 bits per heavy atom. The van der Waals surface area contributed by atoms with Crippen LogP contribution < -0.4 is 10.3 Å². The van der Waals surface area contributed by atoms with Crippen molar-refractivity contribution in [1.29, 1.82) is 0 Å². The molecule has 0 aliphatic heterocycles. The number of aliphatic hydroxyl groups is 1. The SMILES string of the molecule is Nc1ccc[n+](CC(O)Cn2c3ccc(Br)cc3c3cc(Br)ccc32)c1. The molecule has 132 valence electrons. The highest BCUT2D eigenvalue weighted by atomic mass is 79.9. The predicted molar refractivity (Wildman–Crippen MR) is 112 cm³/mol. The van der Waals surface area contributed by atoms with E-state index in [1.54, 1.807) is 0 Å². The highest BCUT2D eigenvalue weighted by Gasteiger charge is 2.17. The van der Waals surface area contributed by atoms with Crippen LogP contribution in [0.25, 0.3) is 21.8 Å². The third-order valence-electron chi connectivity index (χ3n) is 4.48. The summed E-state index contributed by atoms with van der Waals surface area (Å²) in [7, 11) is 0. The molecular weight excluding hydrogens is 458 g/mol. The lowest BCUT2D eigenvalue weighted by atomic mass is 10.2. The van der Waals surface area contributed by atoms with Gasteiger partial charge in [-0.1, -0.05) is 31.9 Å². The molecule has 0 aliphatic carbocycles. The van der Waals surface area contributed by atoms with Gasteiger partial charge in [-0.25, -0.2) is 4.57 Å². The molecule has 0 amide bonds. The molecule has 0 radical (unpaired) electrons. The first kappa shape index (κ1) is 17.5. The van der Waals surface area contributed by atoms with Crippen LogP contribution in [0.5, 0.6) is 0 Å². The number of nitrogens with zero attached hydrogens (tertiary/aromatic N) is 2. The highest BCUT2D eigenvalue weighted by molar-refractivity contribution is 9.10. The first-order valence-electron chi connectivity index (χ1n) is 8.31. The molecule has 2 heterocycles. The second kappa shape index (κ2) is 7.02. The molecule has 2 aromatic heterocycles. The van der Waals surface area contributed by atoms with Crippen molar-refractivity contribution in [2.45, 2.75) is 19.2 Å². The van der Waals surface area contributed by atoms with Crippen molar-refractivity contribution < 1.29 is 9.67 Å². The smallest absolute Gasteiger partial charge is 0.191 e. The molecule has 2 aromatic carbocycles. The molecule has 0 spiro atoms. The van der Waals surface area contributed by atoms with Crippen LogP contribution >= 0.6 is 31.9 Å². The van der Waals surface area contributed by atoms with Crippen molar-refractivity contribution in [2.75, 3.05) is 5.73 Å². The molecule has 1 unspecified atom stereocenters. The molecule has 6 heteroatoms. The maximum absolute atomic E-state index is 10.7. The van der Waals surface area contributed by atoms with Crippen LogP contribution in [-0.2, 0) is 13.1 Å². The number of aromatic nitrogens is 2. The molecule has 1 atom stereocenters. The van der Waals surface area contributed by atoms with Crippen molar-refractivity contribution in [3.63, 3.8) is 0 Å². The zero-order valence-corrected chi connectivity index (χ0v) is 17.1. The number of aliphatic hydroxyl groups excluding tert-OH is 1. The zero-order chi connectivity index (χ0) is 18.3. The number of halogens is 2. The fraction of sp³-hybridized carbons (Fsp3) is 0.150. The Bertz CT molecular complexity index is 1050. The number of rotatable bonds is 4. The number of benzene rings is 2. The van der Waals surface area contributed by atoms with Gasteiger partial charge in [0, 0.05) is 36.8 Å². The molecule has 0 aliphatic rings. The van der Waals surface area contributed by atoms with Gasteiger partial charge in [0.1, 0.15) is 6.10 Å². The zero-order valence-electron chi connectivity index (χ0n) is 13.9. The van der Waals surface area contributed by atoms with Gasteiger partial charge in [-0.2, -0.15) is 0 Å². The van der Waals surface area contributed by atoms with E-state index in [0.29, 0.717) is 18.8 Å². The predicted octanol–water partition coefficient (Wildman–Crippen LogP) is 4.25. The Morgan fingerprint density at radius 3 is 2.19 bits per heavy atom. The van der Waals surface area contributed by atoms with Crippen molar-refractivity contribution in [3.8, 4) is 0 Å². The normalized spacial score (nSPS) is 12.7. The van der Waals surface area contributed by atoms with Crippen molar-refractivity contribution >= 4 is 59.4 Å². The van der Waals surface area contributed by atoms with E-state index in [2.05, 4.69) is 60.7 Å². The number of fused-ring (bicyclic) bond motifs is 3. The molecule has 4 aromatic rings. The van der Waals surface area contributed by atoms with E-state index in [-0.39, 0.29) is 0 Å². The average molecular weight is 476 g/mol. The maximum Gasteiger partial charge on any atom is 0.191 e. The fourth-order valence-electron chi connectivity index (χ4n) is 3.41. The average Bonchev–Trinajstić information content (AvgIpc) is 2.87. The Morgan fingerprint density at radius 2 is 1.62 bits per heavy atom. The Hall–Kier alpha value is -1.89. The van der Waals surface area contributed by atoms with E-state index in [0.717, 1.165) is 20.0 Å². The van der Waals surface area contributed by atoms with Crippen LogP contribution in [0.3, 0.4) is 0 Å². The largest absolute Gasteiger partial charge is 0.394 e. The molecule has 4 nitrogen and oxygen atoms in total. The van der Waals surface area contributed by atoms with Gasteiger partial charge in [0.15, 0.2) is 18.9 Å². The minimum absolute atomic E-state index is 0.485. The van der Waals surface area contributed by atoms with Gasteiger partial charge in [0.25, 0.3) is 0 Å². The number of anilines is 1. The van der Waals surface area contributed by atoms with E-state index in [1.807, 2.05) is 41.2 Å². The van der Waals surface area contributed by atoms with Crippen LogP contribution in [0.4, 0.5) is 5.69 Å². The number of hydrogen-bond acceptors (Lipinski definition) is 2. The second-order valence-electron chi connectivity index (χ2n) is 6.42. The molecule has 0 bridgehead atoms. The molecule has 0 fully saturated rings. The van der Waals surface area contributed by atoms with E-state index in [1.165, 1.54) is 10.8 Å². The molecule has 26 heavy (non-hydrogen) atoms. The first-order valence-corrected chi connectivity index (χ1v) is 9.89. The lowest BCUT2D eigenvalue weighted by Crippen LogP contribution is -2.40. The summed E-state index contributed by atoms with van der Waals surface area (Å²) in [4.78, 5) is 0. The minimum atomic E-state index is -0.534. The van der Waals surface area contributed by atoms with Gasteiger partial charge < -0.3 is 15.4 Å². The third kappa shape index (κ3) is 3.37. The van der Waals surface area contributed by atoms with Gasteiger partial charge in [-0.05, 0) is 42.5 Å². The third-order valence-corrected chi connectivity index (χ3v) is 5.47. The Kier molecular flexibility index (Phi) is 4.73. The summed E-state index contributed by atoms with van der Waals surface area (Å²) in [5.41, 5.74) is 8.74. The minimum Gasteiger partial charge on any atom is -0.394 e. The number of hydrogen-bond donors (Lipinski definition) is 2. The van der Waals surface area contributed by atoms with Crippen LogP contribution in [0.1, 0.15) is 0 Å². The van der Waals surface area contributed by atoms with Gasteiger partial charge >= 0.3 is 0 Å². The summed E-state index contributed by atoms with van der Waals surface area (Å²) in [6, 6.07) is 16.2. The second-order valence-corrected chi connectivity index (χ2v) is 8.25. The van der Waals surface area contributed by atoms with Crippen molar-refractivity contribution in [1.82, 2.24) is 4.57 Å². The lowest BCUT2D eigenvalue weighted by molar-refractivity contribution is -0.703. The van der Waals surface area contributed by atoms with Gasteiger partial charge in [-0.15, -0.1) is 0 Å². The van der Waals surface area contributed by atoms with Gasteiger partial charge in [-0.3, -0.25) is 0 Å². The Labute approximate surface area is 168 Å². The molecule has 3 N–H and O–H groups in total.